The molecule has 0 saturated heterocycles. The number of pyridine rings is 1. The number of benzene rings is 2. The maximum Gasteiger partial charge on any atom is 0.326 e. The molecule has 0 aliphatic carbocycles. The minimum Gasteiger partial charge on any atom is -0.333 e. The van der Waals surface area contributed by atoms with E-state index >= 15 is 0 Å². The largest absolute Gasteiger partial charge is 0.333 e. The van der Waals surface area contributed by atoms with Gasteiger partial charge in [0, 0.05) is 49.9 Å². The fraction of sp³-hybridized carbons (Fsp3) is 0.185. The first-order chi connectivity index (χ1) is 17.8. The minimum atomic E-state index is -0.888. The van der Waals surface area contributed by atoms with Gasteiger partial charge in [-0.25, -0.2) is 18.6 Å². The highest BCUT2D eigenvalue weighted by Crippen LogP contribution is 2.36. The molecule has 5 nitrogen and oxygen atoms in total. The van der Waals surface area contributed by atoms with Crippen molar-refractivity contribution < 1.29 is 18.0 Å². The van der Waals surface area contributed by atoms with E-state index < -0.39 is 17.6 Å². The van der Waals surface area contributed by atoms with E-state index in [1.807, 2.05) is 6.08 Å². The van der Waals surface area contributed by atoms with Gasteiger partial charge in [-0.2, -0.15) is 4.39 Å². The molecule has 0 radical (unpaired) electrons. The molecule has 1 aliphatic heterocycles. The Morgan fingerprint density at radius 1 is 1.05 bits per heavy atom. The maximum absolute atomic E-state index is 13.5. The van der Waals surface area contributed by atoms with Crippen LogP contribution in [-0.4, -0.2) is 33.6 Å². The zero-order chi connectivity index (χ0) is 26.1. The molecule has 2 aromatic heterocycles. The minimum absolute atomic E-state index is 0.134. The van der Waals surface area contributed by atoms with Crippen molar-refractivity contribution in [3.8, 4) is 0 Å². The molecule has 5 rings (SSSR count). The van der Waals surface area contributed by atoms with E-state index in [9.17, 15) is 18.0 Å². The van der Waals surface area contributed by atoms with Crippen LogP contribution in [0.15, 0.2) is 54.7 Å². The number of aromatic nitrogens is 2. The van der Waals surface area contributed by atoms with E-state index in [-0.39, 0.29) is 12.6 Å². The van der Waals surface area contributed by atoms with Gasteiger partial charge in [0.25, 0.3) is 0 Å². The molecule has 0 fully saturated rings. The lowest BCUT2D eigenvalue weighted by atomic mass is 10.0. The van der Waals surface area contributed by atoms with Crippen molar-refractivity contribution in [2.24, 2.45) is 0 Å². The fourth-order valence-electron chi connectivity index (χ4n) is 4.56. The molecular weight excluding hydrogens is 524 g/mol. The van der Waals surface area contributed by atoms with Crippen LogP contribution < -0.4 is 5.32 Å². The van der Waals surface area contributed by atoms with Crippen LogP contribution in [0.2, 0.25) is 10.0 Å². The Labute approximate surface area is 221 Å². The van der Waals surface area contributed by atoms with E-state index in [1.54, 1.807) is 28.8 Å². The summed E-state index contributed by atoms with van der Waals surface area (Å²) in [4.78, 5) is 19.0. The highest BCUT2D eigenvalue weighted by Gasteiger charge is 2.27. The van der Waals surface area contributed by atoms with Crippen molar-refractivity contribution in [2.75, 3.05) is 13.1 Å². The number of nitrogens with zero attached hydrogens (tertiary/aromatic N) is 3. The summed E-state index contributed by atoms with van der Waals surface area (Å²) in [6.07, 6.45) is 5.57. The number of carbonyl (C=O) groups excluding carboxylic acids is 1. The Morgan fingerprint density at radius 3 is 2.65 bits per heavy atom. The van der Waals surface area contributed by atoms with E-state index in [4.69, 9.17) is 23.2 Å². The van der Waals surface area contributed by atoms with Gasteiger partial charge in [-0.1, -0.05) is 41.4 Å². The van der Waals surface area contributed by atoms with Gasteiger partial charge < -0.3 is 5.32 Å². The molecule has 10 heteroatoms. The number of hydrogen-bond acceptors (Lipinski definition) is 3. The molecule has 0 bridgehead atoms. The molecule has 1 aliphatic rings. The second kappa shape index (κ2) is 10.6. The highest BCUT2D eigenvalue weighted by atomic mass is 35.5. The van der Waals surface area contributed by atoms with Crippen molar-refractivity contribution in [2.45, 2.75) is 19.5 Å². The number of nitrogens with one attached hydrogen (secondary N) is 1. The van der Waals surface area contributed by atoms with E-state index in [2.05, 4.69) is 15.2 Å². The van der Waals surface area contributed by atoms with Gasteiger partial charge in [-0.15, -0.1) is 0 Å². The first kappa shape index (κ1) is 25.3. The van der Waals surface area contributed by atoms with Crippen LogP contribution in [0.3, 0.4) is 0 Å². The smallest absolute Gasteiger partial charge is 0.326 e. The Hall–Kier alpha value is -3.33. The van der Waals surface area contributed by atoms with E-state index in [0.717, 1.165) is 28.8 Å². The van der Waals surface area contributed by atoms with Gasteiger partial charge in [0.2, 0.25) is 5.95 Å². The molecular formula is C27H21Cl2F3N4O. The van der Waals surface area contributed by atoms with Crippen molar-refractivity contribution in [3.05, 3.63) is 105 Å². The summed E-state index contributed by atoms with van der Waals surface area (Å²) in [7, 11) is 0. The van der Waals surface area contributed by atoms with Crippen molar-refractivity contribution in [1.29, 1.82) is 0 Å². The quantitative estimate of drug-likeness (QED) is 0.288. The molecule has 3 heterocycles. The predicted molar refractivity (Wildman–Crippen MR) is 138 cm³/mol. The molecule has 0 unspecified atom stereocenters. The number of rotatable bonds is 5. The van der Waals surface area contributed by atoms with Gasteiger partial charge in [0.05, 0.1) is 15.6 Å². The average Bonchev–Trinajstić information content (AvgIpc) is 3.17. The lowest BCUT2D eigenvalue weighted by Crippen LogP contribution is -2.34. The molecule has 2 aromatic carbocycles. The summed E-state index contributed by atoms with van der Waals surface area (Å²) >= 11 is 12.6. The van der Waals surface area contributed by atoms with Crippen molar-refractivity contribution >= 4 is 46.2 Å². The first-order valence-electron chi connectivity index (χ1n) is 11.5. The third-order valence-corrected chi connectivity index (χ3v) is 7.05. The summed E-state index contributed by atoms with van der Waals surface area (Å²) in [6, 6.07) is 9.76. The van der Waals surface area contributed by atoms with Crippen LogP contribution in [0.5, 0.6) is 0 Å². The molecule has 1 amide bonds. The summed E-state index contributed by atoms with van der Waals surface area (Å²) < 4.78 is 41.7. The summed E-state index contributed by atoms with van der Waals surface area (Å²) in [5, 5.41) is 4.39. The Morgan fingerprint density at radius 2 is 1.86 bits per heavy atom. The number of carbonyl (C=O) groups is 1. The molecule has 0 saturated carbocycles. The van der Waals surface area contributed by atoms with Crippen LogP contribution >= 0.6 is 23.2 Å². The maximum atomic E-state index is 13.5. The molecule has 37 heavy (non-hydrogen) atoms. The fourth-order valence-corrected chi connectivity index (χ4v) is 4.88. The van der Waals surface area contributed by atoms with Gasteiger partial charge >= 0.3 is 6.03 Å². The monoisotopic (exact) mass is 544 g/mol. The number of halogens is 5. The number of fused-ring (bicyclic) bond motifs is 3. The number of amides is 1. The van der Waals surface area contributed by atoms with Gasteiger partial charge in [-0.05, 0) is 53.1 Å². The lowest BCUT2D eigenvalue weighted by Gasteiger charge is -2.27. The normalized spacial score (nSPS) is 13.9. The van der Waals surface area contributed by atoms with Crippen molar-refractivity contribution in [1.82, 2.24) is 19.8 Å². The van der Waals surface area contributed by atoms with Crippen LogP contribution in [0.25, 0.3) is 17.0 Å². The lowest BCUT2D eigenvalue weighted by molar-refractivity contribution is 0.240. The second-order valence-corrected chi connectivity index (χ2v) is 9.57. The number of hydrogen-bond donors (Lipinski definition) is 1. The van der Waals surface area contributed by atoms with E-state index in [0.29, 0.717) is 52.7 Å². The van der Waals surface area contributed by atoms with Crippen LogP contribution in [0.4, 0.5) is 18.0 Å². The third-order valence-electron chi connectivity index (χ3n) is 6.32. The molecule has 190 valence electrons. The average molecular weight is 545 g/mol. The summed E-state index contributed by atoms with van der Waals surface area (Å²) in [6.45, 7) is 1.94. The van der Waals surface area contributed by atoms with Crippen LogP contribution in [0, 0.1) is 17.6 Å². The van der Waals surface area contributed by atoms with E-state index in [1.165, 1.54) is 18.3 Å². The van der Waals surface area contributed by atoms with Crippen LogP contribution in [-0.2, 0) is 19.5 Å². The van der Waals surface area contributed by atoms with Crippen LogP contribution in [0.1, 0.15) is 22.4 Å². The molecule has 0 atom stereocenters. The van der Waals surface area contributed by atoms with Crippen molar-refractivity contribution in [3.63, 3.8) is 0 Å². The molecule has 1 N–H and O–H groups in total. The van der Waals surface area contributed by atoms with Gasteiger partial charge in [-0.3, -0.25) is 9.47 Å². The Bertz CT molecular complexity index is 1540. The third kappa shape index (κ3) is 5.37. The predicted octanol–water partition coefficient (Wildman–Crippen LogP) is 6.59. The Kier molecular flexibility index (Phi) is 7.24. The first-order valence-corrected chi connectivity index (χ1v) is 12.3. The van der Waals surface area contributed by atoms with Gasteiger partial charge in [0.1, 0.15) is 0 Å². The molecule has 4 aromatic rings. The SMILES string of the molecule is O=C(NCc1ccnc(F)c1)n1c2c(c3cc(Cl)c(Cl)cc31)CN(C/C=C/c1ccc(F)c(F)c1)CC2. The zero-order valence-electron chi connectivity index (χ0n) is 19.4. The van der Waals surface area contributed by atoms with Gasteiger partial charge in [0.15, 0.2) is 11.6 Å². The summed E-state index contributed by atoms with van der Waals surface area (Å²) in [5.41, 5.74) is 3.61. The zero-order valence-corrected chi connectivity index (χ0v) is 21.0. The Balaban J connectivity index is 1.39. The standard InChI is InChI=1S/C27H21Cl2F3N4O/c28-20-12-18-19-15-35(8-1-2-16-3-4-22(30)23(31)10-16)9-6-24(19)36(25(18)13-21(20)29)27(37)34-14-17-5-7-33-26(32)11-17/h1-5,7,10-13H,6,8-9,14-15H2,(H,34,37)/b2-1+. The molecule has 0 spiro atoms. The summed E-state index contributed by atoms with van der Waals surface area (Å²) in [5.74, 6) is -2.39. The second-order valence-electron chi connectivity index (χ2n) is 8.75. The topological polar surface area (TPSA) is 50.2 Å². The highest BCUT2D eigenvalue weighted by molar-refractivity contribution is 6.42.